The highest BCUT2D eigenvalue weighted by Gasteiger charge is 2.31. The fraction of sp³-hybridized carbons (Fsp3) is 0.750. The Hall–Kier alpha value is -1.18. The molecule has 0 unspecified atom stereocenters. The van der Waals surface area contributed by atoms with Crippen LogP contribution >= 0.6 is 11.3 Å². The third-order valence-corrected chi connectivity index (χ3v) is 6.50. The molecular formula is C16H25N5OS. The molecule has 2 aromatic heterocycles. The Morgan fingerprint density at radius 3 is 2.57 bits per heavy atom. The molecule has 0 amide bonds. The van der Waals surface area contributed by atoms with Gasteiger partial charge in [0.05, 0.1) is 16.5 Å². The van der Waals surface area contributed by atoms with Gasteiger partial charge in [0.2, 0.25) is 0 Å². The number of piperazine rings is 1. The molecule has 2 aromatic rings. The molecule has 6 nitrogen and oxygen atoms in total. The van der Waals surface area contributed by atoms with E-state index in [-0.39, 0.29) is 6.10 Å². The average molecular weight is 335 g/mol. The molecule has 2 fully saturated rings. The van der Waals surface area contributed by atoms with E-state index in [2.05, 4.69) is 14.9 Å². The van der Waals surface area contributed by atoms with Crippen molar-refractivity contribution in [3.63, 3.8) is 0 Å². The molecular weight excluding hydrogens is 310 g/mol. The molecule has 4 rings (SSSR count). The van der Waals surface area contributed by atoms with Crippen LogP contribution in [0.2, 0.25) is 0 Å². The van der Waals surface area contributed by atoms with Gasteiger partial charge in [-0.3, -0.25) is 4.90 Å². The first-order chi connectivity index (χ1) is 11.1. The molecule has 1 saturated heterocycles. The number of fused-ring (bicyclic) bond motifs is 1. The Morgan fingerprint density at radius 1 is 1.13 bits per heavy atom. The van der Waals surface area contributed by atoms with Gasteiger partial charge in [-0.05, 0) is 19.8 Å². The van der Waals surface area contributed by atoms with E-state index >= 15 is 0 Å². The van der Waals surface area contributed by atoms with Gasteiger partial charge in [0.15, 0.2) is 10.8 Å². The van der Waals surface area contributed by atoms with Crippen LogP contribution in [-0.4, -0.2) is 63.1 Å². The van der Waals surface area contributed by atoms with Gasteiger partial charge < -0.3 is 10.0 Å². The number of aryl methyl sites for hydroxylation is 2. The third kappa shape index (κ3) is 2.75. The molecule has 1 aliphatic carbocycles. The first kappa shape index (κ1) is 15.4. The van der Waals surface area contributed by atoms with Crippen LogP contribution in [0.3, 0.4) is 0 Å². The highest BCUT2D eigenvalue weighted by molar-refractivity contribution is 7.22. The number of anilines is 1. The van der Waals surface area contributed by atoms with Crippen LogP contribution in [0.15, 0.2) is 0 Å². The van der Waals surface area contributed by atoms with Gasteiger partial charge in [-0.15, -0.1) is 0 Å². The summed E-state index contributed by atoms with van der Waals surface area (Å²) in [6.07, 6.45) is 4.41. The lowest BCUT2D eigenvalue weighted by atomic mass is 9.91. The second-order valence-corrected chi connectivity index (χ2v) is 7.78. The number of nitrogens with zero attached hydrogens (tertiary/aromatic N) is 5. The molecule has 1 aliphatic heterocycles. The van der Waals surface area contributed by atoms with Crippen molar-refractivity contribution in [2.75, 3.05) is 31.1 Å². The Labute approximate surface area is 140 Å². The Morgan fingerprint density at radius 2 is 1.87 bits per heavy atom. The van der Waals surface area contributed by atoms with Crippen molar-refractivity contribution >= 4 is 26.8 Å². The zero-order valence-corrected chi connectivity index (χ0v) is 14.7. The van der Waals surface area contributed by atoms with E-state index in [1.54, 1.807) is 11.3 Å². The van der Waals surface area contributed by atoms with Gasteiger partial charge in [0.25, 0.3) is 0 Å². The van der Waals surface area contributed by atoms with Gasteiger partial charge in [-0.25, -0.2) is 9.67 Å². The van der Waals surface area contributed by atoms with E-state index in [0.29, 0.717) is 6.04 Å². The van der Waals surface area contributed by atoms with Crippen LogP contribution in [0.1, 0.15) is 31.4 Å². The number of aromatic nitrogens is 3. The molecule has 1 saturated carbocycles. The molecule has 7 heteroatoms. The number of thiazole rings is 1. The molecule has 1 N–H and O–H groups in total. The van der Waals surface area contributed by atoms with Gasteiger partial charge in [0, 0.05) is 39.3 Å². The fourth-order valence-electron chi connectivity index (χ4n) is 3.97. The lowest BCUT2D eigenvalue weighted by molar-refractivity contribution is 0.0173. The molecule has 0 radical (unpaired) electrons. The fourth-order valence-corrected chi connectivity index (χ4v) is 5.06. The summed E-state index contributed by atoms with van der Waals surface area (Å²) in [5.41, 5.74) is 2.06. The first-order valence-electron chi connectivity index (χ1n) is 8.60. The summed E-state index contributed by atoms with van der Waals surface area (Å²) >= 11 is 1.75. The Balaban J connectivity index is 1.45. The molecule has 2 aliphatic rings. The maximum atomic E-state index is 10.3. The second kappa shape index (κ2) is 6.03. The van der Waals surface area contributed by atoms with E-state index in [0.717, 1.165) is 55.5 Å². The third-order valence-electron chi connectivity index (χ3n) is 5.28. The highest BCUT2D eigenvalue weighted by Crippen LogP contribution is 2.32. The summed E-state index contributed by atoms with van der Waals surface area (Å²) in [6, 6.07) is 0.368. The van der Waals surface area contributed by atoms with E-state index in [4.69, 9.17) is 4.98 Å². The zero-order valence-electron chi connectivity index (χ0n) is 13.9. The predicted molar refractivity (Wildman–Crippen MR) is 93.2 cm³/mol. The standard InChI is InChI=1S/C16H25N5OS/c1-11-14-15(19(2)18-11)17-16(23-14)21-9-7-20(8-10-21)12-5-3-4-6-13(12)22/h12-13,22H,3-10H2,1-2H3/t12-,13-/m0/s1. The number of aliphatic hydroxyl groups is 1. The van der Waals surface area contributed by atoms with E-state index in [9.17, 15) is 5.11 Å². The van der Waals surface area contributed by atoms with Gasteiger partial charge in [-0.2, -0.15) is 5.10 Å². The van der Waals surface area contributed by atoms with Gasteiger partial charge >= 0.3 is 0 Å². The smallest absolute Gasteiger partial charge is 0.188 e. The van der Waals surface area contributed by atoms with Crippen LogP contribution < -0.4 is 4.90 Å². The first-order valence-corrected chi connectivity index (χ1v) is 9.42. The van der Waals surface area contributed by atoms with Crippen molar-refractivity contribution in [3.05, 3.63) is 5.69 Å². The van der Waals surface area contributed by atoms with E-state index in [1.807, 2.05) is 18.7 Å². The number of hydrogen-bond donors (Lipinski definition) is 1. The maximum Gasteiger partial charge on any atom is 0.188 e. The minimum atomic E-state index is -0.133. The normalized spacial score (nSPS) is 27.0. The molecule has 0 bridgehead atoms. The number of hydrogen-bond acceptors (Lipinski definition) is 6. The summed E-state index contributed by atoms with van der Waals surface area (Å²) in [4.78, 5) is 9.66. The minimum Gasteiger partial charge on any atom is -0.391 e. The Kier molecular flexibility index (Phi) is 4.03. The monoisotopic (exact) mass is 335 g/mol. The van der Waals surface area contributed by atoms with Gasteiger partial charge in [0.1, 0.15) is 0 Å². The SMILES string of the molecule is Cc1nn(C)c2nc(N3CCN([C@H]4CCCC[C@@H]4O)CC3)sc12. The molecule has 23 heavy (non-hydrogen) atoms. The predicted octanol–water partition coefficient (Wildman–Crippen LogP) is 1.76. The van der Waals surface area contributed by atoms with E-state index in [1.165, 1.54) is 17.5 Å². The van der Waals surface area contributed by atoms with Crippen LogP contribution in [0.25, 0.3) is 10.3 Å². The van der Waals surface area contributed by atoms with Gasteiger partial charge in [-0.1, -0.05) is 24.2 Å². The molecule has 3 heterocycles. The Bertz CT molecular complexity index is 654. The maximum absolute atomic E-state index is 10.3. The van der Waals surface area contributed by atoms with Crippen LogP contribution in [0.5, 0.6) is 0 Å². The van der Waals surface area contributed by atoms with Crippen LogP contribution in [-0.2, 0) is 7.05 Å². The van der Waals surface area contributed by atoms with E-state index < -0.39 is 0 Å². The number of rotatable bonds is 2. The highest BCUT2D eigenvalue weighted by atomic mass is 32.1. The van der Waals surface area contributed by atoms with Crippen molar-refractivity contribution < 1.29 is 5.11 Å². The summed E-state index contributed by atoms with van der Waals surface area (Å²) < 4.78 is 3.08. The molecule has 0 aromatic carbocycles. The van der Waals surface area contributed by atoms with Crippen molar-refractivity contribution in [3.8, 4) is 0 Å². The van der Waals surface area contributed by atoms with Crippen LogP contribution in [0.4, 0.5) is 5.13 Å². The molecule has 126 valence electrons. The van der Waals surface area contributed by atoms with Crippen molar-refractivity contribution in [1.29, 1.82) is 0 Å². The lowest BCUT2D eigenvalue weighted by Crippen LogP contribution is -2.54. The lowest BCUT2D eigenvalue weighted by Gasteiger charge is -2.42. The summed E-state index contributed by atoms with van der Waals surface area (Å²) in [6.45, 7) is 6.08. The quantitative estimate of drug-likeness (QED) is 0.906. The molecule has 0 spiro atoms. The van der Waals surface area contributed by atoms with Crippen molar-refractivity contribution in [2.24, 2.45) is 7.05 Å². The molecule has 2 atom stereocenters. The zero-order chi connectivity index (χ0) is 16.0. The van der Waals surface area contributed by atoms with Crippen molar-refractivity contribution in [2.45, 2.75) is 44.8 Å². The average Bonchev–Trinajstić information content (AvgIpc) is 3.10. The second-order valence-electron chi connectivity index (χ2n) is 6.80. The number of aliphatic hydroxyl groups excluding tert-OH is 1. The largest absolute Gasteiger partial charge is 0.391 e. The minimum absolute atomic E-state index is 0.133. The summed E-state index contributed by atoms with van der Waals surface area (Å²) in [7, 11) is 1.96. The topological polar surface area (TPSA) is 57.4 Å². The summed E-state index contributed by atoms with van der Waals surface area (Å²) in [5.74, 6) is 0. The summed E-state index contributed by atoms with van der Waals surface area (Å²) in [5, 5.41) is 15.8. The van der Waals surface area contributed by atoms with Crippen molar-refractivity contribution in [1.82, 2.24) is 19.7 Å². The van der Waals surface area contributed by atoms with Crippen LogP contribution in [0, 0.1) is 6.92 Å².